The lowest BCUT2D eigenvalue weighted by Gasteiger charge is -2.17. The first kappa shape index (κ1) is 12.2. The Kier molecular flexibility index (Phi) is 3.19. The Morgan fingerprint density at radius 1 is 1.27 bits per heavy atom. The highest BCUT2D eigenvalue weighted by Crippen LogP contribution is 2.21. The van der Waals surface area contributed by atoms with Crippen molar-refractivity contribution in [3.05, 3.63) is 24.0 Å². The molecule has 1 heterocycles. The summed E-state index contributed by atoms with van der Waals surface area (Å²) in [7, 11) is -3.12. The van der Waals surface area contributed by atoms with Gasteiger partial charge in [-0.05, 0) is 12.1 Å². The van der Waals surface area contributed by atoms with E-state index < -0.39 is 9.84 Å². The third kappa shape index (κ3) is 2.78. The van der Waals surface area contributed by atoms with Gasteiger partial charge in [-0.2, -0.15) is 0 Å². The third-order valence-corrected chi connectivity index (χ3v) is 3.96. The maximum atomic E-state index is 11.5. The molecule has 84 valence electrons. The van der Waals surface area contributed by atoms with Crippen molar-refractivity contribution >= 4 is 9.84 Å². The fourth-order valence-corrected chi connectivity index (χ4v) is 2.00. The van der Waals surface area contributed by atoms with Crippen LogP contribution in [0.2, 0.25) is 0 Å². The second kappa shape index (κ2) is 3.93. The summed E-state index contributed by atoms with van der Waals surface area (Å²) in [6, 6.07) is 3.41. The predicted molar refractivity (Wildman–Crippen MR) is 60.7 cm³/mol. The first-order valence-corrected chi connectivity index (χ1v) is 6.62. The van der Waals surface area contributed by atoms with E-state index in [0.29, 0.717) is 4.90 Å². The molecule has 0 radical (unpaired) electrons. The van der Waals surface area contributed by atoms with Crippen molar-refractivity contribution in [3.63, 3.8) is 0 Å². The van der Waals surface area contributed by atoms with Gasteiger partial charge in [-0.3, -0.25) is 4.98 Å². The summed E-state index contributed by atoms with van der Waals surface area (Å²) >= 11 is 0. The lowest BCUT2D eigenvalue weighted by Crippen LogP contribution is -2.14. The van der Waals surface area contributed by atoms with Crippen LogP contribution in [0.15, 0.2) is 23.2 Å². The largest absolute Gasteiger partial charge is 0.259 e. The fraction of sp³-hybridized carbons (Fsp3) is 0.545. The number of nitrogens with zero attached hydrogens (tertiary/aromatic N) is 1. The Morgan fingerprint density at radius 2 is 1.87 bits per heavy atom. The summed E-state index contributed by atoms with van der Waals surface area (Å²) in [5.74, 6) is 0.115. The molecule has 1 rings (SSSR count). The van der Waals surface area contributed by atoms with Crippen LogP contribution in [0.4, 0.5) is 0 Å². The Balaban J connectivity index is 3.12. The molecular formula is C11H17NO2S. The highest BCUT2D eigenvalue weighted by atomic mass is 32.2. The summed E-state index contributed by atoms with van der Waals surface area (Å²) in [6.07, 6.45) is 1.44. The van der Waals surface area contributed by atoms with E-state index in [-0.39, 0.29) is 11.2 Å². The minimum atomic E-state index is -3.12. The highest BCUT2D eigenvalue weighted by molar-refractivity contribution is 7.91. The van der Waals surface area contributed by atoms with Gasteiger partial charge in [-0.25, -0.2) is 8.42 Å². The van der Waals surface area contributed by atoms with Crippen LogP contribution in [-0.4, -0.2) is 19.2 Å². The maximum absolute atomic E-state index is 11.5. The number of pyridine rings is 1. The van der Waals surface area contributed by atoms with Gasteiger partial charge in [0.1, 0.15) is 0 Å². The molecule has 0 spiro atoms. The van der Waals surface area contributed by atoms with Crippen molar-refractivity contribution in [3.8, 4) is 0 Å². The monoisotopic (exact) mass is 227 g/mol. The lowest BCUT2D eigenvalue weighted by atomic mass is 9.92. The van der Waals surface area contributed by atoms with Crippen LogP contribution >= 0.6 is 0 Å². The molecule has 0 bridgehead atoms. The molecule has 0 saturated heterocycles. The SMILES string of the molecule is CCS(=O)(=O)c1ccc(C(C)(C)C)nc1. The smallest absolute Gasteiger partial charge is 0.179 e. The molecule has 0 aromatic carbocycles. The van der Waals surface area contributed by atoms with Crippen LogP contribution in [0.5, 0.6) is 0 Å². The topological polar surface area (TPSA) is 47.0 Å². The summed E-state index contributed by atoms with van der Waals surface area (Å²) in [6.45, 7) is 7.77. The Labute approximate surface area is 91.5 Å². The number of hydrogen-bond acceptors (Lipinski definition) is 3. The molecule has 4 heteroatoms. The average molecular weight is 227 g/mol. The molecule has 0 amide bonds. The van der Waals surface area contributed by atoms with Crippen molar-refractivity contribution in [2.45, 2.75) is 38.0 Å². The first-order valence-electron chi connectivity index (χ1n) is 4.96. The molecule has 0 aliphatic heterocycles. The van der Waals surface area contributed by atoms with Gasteiger partial charge in [-0.15, -0.1) is 0 Å². The van der Waals surface area contributed by atoms with Crippen LogP contribution in [0.1, 0.15) is 33.4 Å². The molecule has 0 unspecified atom stereocenters. The number of hydrogen-bond donors (Lipinski definition) is 0. The standard InChI is InChI=1S/C11H17NO2S/c1-5-15(13,14)9-6-7-10(12-8-9)11(2,3)4/h6-8H,5H2,1-4H3. The van der Waals surface area contributed by atoms with E-state index >= 15 is 0 Å². The molecule has 0 aliphatic rings. The summed E-state index contributed by atoms with van der Waals surface area (Å²) in [4.78, 5) is 4.49. The van der Waals surface area contributed by atoms with Gasteiger partial charge in [0.25, 0.3) is 0 Å². The van der Waals surface area contributed by atoms with Gasteiger partial charge in [-0.1, -0.05) is 27.7 Å². The number of sulfone groups is 1. The van der Waals surface area contributed by atoms with Gasteiger partial charge < -0.3 is 0 Å². The first-order chi connectivity index (χ1) is 6.77. The van der Waals surface area contributed by atoms with Crippen molar-refractivity contribution in [1.29, 1.82) is 0 Å². The Morgan fingerprint density at radius 3 is 2.20 bits per heavy atom. The minimum Gasteiger partial charge on any atom is -0.259 e. The Hall–Kier alpha value is -0.900. The maximum Gasteiger partial charge on any atom is 0.179 e. The van der Waals surface area contributed by atoms with Gasteiger partial charge in [0.2, 0.25) is 0 Å². The zero-order valence-electron chi connectivity index (χ0n) is 9.61. The molecule has 0 aliphatic carbocycles. The van der Waals surface area contributed by atoms with Crippen LogP contribution in [0.25, 0.3) is 0 Å². The molecule has 1 aromatic rings. The van der Waals surface area contributed by atoms with Crippen LogP contribution in [0.3, 0.4) is 0 Å². The quantitative estimate of drug-likeness (QED) is 0.778. The van der Waals surface area contributed by atoms with Gasteiger partial charge in [0, 0.05) is 17.3 Å². The van der Waals surface area contributed by atoms with Gasteiger partial charge in [0.15, 0.2) is 9.84 Å². The number of rotatable bonds is 2. The molecule has 0 saturated carbocycles. The normalized spacial score (nSPS) is 12.8. The zero-order chi connectivity index (χ0) is 11.7. The average Bonchev–Trinajstić information content (AvgIpc) is 2.17. The molecule has 0 N–H and O–H groups in total. The molecule has 0 fully saturated rings. The highest BCUT2D eigenvalue weighted by Gasteiger charge is 2.17. The van der Waals surface area contributed by atoms with E-state index in [1.807, 2.05) is 20.8 Å². The predicted octanol–water partition coefficient (Wildman–Crippen LogP) is 2.17. The van der Waals surface area contributed by atoms with Crippen LogP contribution < -0.4 is 0 Å². The molecule has 0 atom stereocenters. The summed E-state index contributed by atoms with van der Waals surface area (Å²) < 4.78 is 23.0. The third-order valence-electron chi connectivity index (χ3n) is 2.24. The second-order valence-electron chi connectivity index (χ2n) is 4.53. The minimum absolute atomic E-state index is 0.0471. The van der Waals surface area contributed by atoms with E-state index in [1.54, 1.807) is 19.1 Å². The molecular weight excluding hydrogens is 210 g/mol. The molecule has 3 nitrogen and oxygen atoms in total. The van der Waals surface area contributed by atoms with Gasteiger partial charge >= 0.3 is 0 Å². The van der Waals surface area contributed by atoms with E-state index in [1.165, 1.54) is 6.20 Å². The van der Waals surface area contributed by atoms with Crippen molar-refractivity contribution in [1.82, 2.24) is 4.98 Å². The molecule has 15 heavy (non-hydrogen) atoms. The van der Waals surface area contributed by atoms with Gasteiger partial charge in [0.05, 0.1) is 10.6 Å². The van der Waals surface area contributed by atoms with E-state index in [4.69, 9.17) is 0 Å². The molecule has 1 aromatic heterocycles. The Bertz CT molecular complexity index is 427. The van der Waals surface area contributed by atoms with E-state index in [9.17, 15) is 8.42 Å². The number of aromatic nitrogens is 1. The van der Waals surface area contributed by atoms with E-state index in [2.05, 4.69) is 4.98 Å². The van der Waals surface area contributed by atoms with Crippen LogP contribution in [-0.2, 0) is 15.3 Å². The van der Waals surface area contributed by atoms with E-state index in [0.717, 1.165) is 5.69 Å². The summed E-state index contributed by atoms with van der Waals surface area (Å²) in [5, 5.41) is 0. The zero-order valence-corrected chi connectivity index (χ0v) is 10.4. The fourth-order valence-electron chi connectivity index (χ4n) is 1.17. The summed E-state index contributed by atoms with van der Waals surface area (Å²) in [5.41, 5.74) is 0.853. The van der Waals surface area contributed by atoms with Crippen molar-refractivity contribution in [2.75, 3.05) is 5.75 Å². The van der Waals surface area contributed by atoms with Crippen molar-refractivity contribution < 1.29 is 8.42 Å². The van der Waals surface area contributed by atoms with Crippen molar-refractivity contribution in [2.24, 2.45) is 0 Å². The van der Waals surface area contributed by atoms with Crippen LogP contribution in [0, 0.1) is 0 Å². The second-order valence-corrected chi connectivity index (χ2v) is 6.81. The lowest BCUT2D eigenvalue weighted by molar-refractivity contribution is 0.565.